The number of alkyl halides is 3. The molecule has 5 nitrogen and oxygen atoms in total. The molecule has 0 unspecified atom stereocenters. The lowest BCUT2D eigenvalue weighted by atomic mass is 10.6. The Bertz CT molecular complexity index is 359. The van der Waals surface area contributed by atoms with Crippen LogP contribution >= 0.6 is 0 Å². The van der Waals surface area contributed by atoms with Crippen LogP contribution in [0.4, 0.5) is 19.0 Å². The Hall–Kier alpha value is -1.73. The molecule has 2 N–H and O–H groups in total. The van der Waals surface area contributed by atoms with Gasteiger partial charge in [-0.15, -0.1) is 17.9 Å². The van der Waals surface area contributed by atoms with E-state index in [4.69, 9.17) is 5.73 Å². The monoisotopic (exact) mass is 195 g/mol. The maximum atomic E-state index is 11.6. The summed E-state index contributed by atoms with van der Waals surface area (Å²) in [6.45, 7) is 0. The summed E-state index contributed by atoms with van der Waals surface area (Å²) in [5, 5.41) is 0. The van der Waals surface area contributed by atoms with E-state index in [-0.39, 0.29) is 10.5 Å². The number of hydrogen-bond donors (Lipinski definition) is 1. The molecule has 0 aromatic carbocycles. The first-order chi connectivity index (χ1) is 5.88. The van der Waals surface area contributed by atoms with Crippen molar-refractivity contribution < 1.29 is 18.0 Å². The molecule has 0 saturated carbocycles. The van der Waals surface area contributed by atoms with Gasteiger partial charge in [0.25, 0.3) is 0 Å². The van der Waals surface area contributed by atoms with E-state index in [0.717, 1.165) is 12.3 Å². The van der Waals surface area contributed by atoms with Crippen molar-refractivity contribution in [1.82, 2.24) is 9.71 Å². The average Bonchev–Trinajstić information content (AvgIpc) is 1.93. The normalized spacial score (nSPS) is 11.3. The van der Waals surface area contributed by atoms with E-state index < -0.39 is 12.1 Å². The Morgan fingerprint density at radius 1 is 1.54 bits per heavy atom. The topological polar surface area (TPSA) is 70.1 Å². The van der Waals surface area contributed by atoms with Gasteiger partial charge in [-0.1, -0.05) is 0 Å². The third-order valence-corrected chi connectivity index (χ3v) is 0.996. The number of rotatable bonds is 1. The second-order valence-corrected chi connectivity index (χ2v) is 2.00. The fourth-order valence-electron chi connectivity index (χ4n) is 0.586. The highest BCUT2D eigenvalue weighted by molar-refractivity contribution is 5.23. The molecular weight excluding hydrogens is 191 g/mol. The zero-order valence-electron chi connectivity index (χ0n) is 6.08. The summed E-state index contributed by atoms with van der Waals surface area (Å²) in [4.78, 5) is 17.0. The van der Waals surface area contributed by atoms with Crippen molar-refractivity contribution in [3.8, 4) is 0 Å². The Morgan fingerprint density at radius 2 is 2.15 bits per heavy atom. The molecule has 0 amide bonds. The van der Waals surface area contributed by atoms with Crippen LogP contribution in [-0.2, 0) is 0 Å². The summed E-state index contributed by atoms with van der Waals surface area (Å²) in [5.74, 6) is -0.174. The van der Waals surface area contributed by atoms with Crippen LogP contribution in [0.25, 0.3) is 0 Å². The fourth-order valence-corrected chi connectivity index (χ4v) is 0.586. The van der Waals surface area contributed by atoms with E-state index in [2.05, 4.69) is 9.82 Å². The lowest BCUT2D eigenvalue weighted by Gasteiger charge is -2.08. The van der Waals surface area contributed by atoms with Crippen molar-refractivity contribution in [3.63, 3.8) is 0 Å². The highest BCUT2D eigenvalue weighted by atomic mass is 19.4. The number of nitrogens with two attached hydrogens (primary N) is 1. The minimum atomic E-state index is -4.93. The van der Waals surface area contributed by atoms with Crippen molar-refractivity contribution in [3.05, 3.63) is 22.7 Å². The Balaban J connectivity index is 2.98. The van der Waals surface area contributed by atoms with E-state index >= 15 is 0 Å². The van der Waals surface area contributed by atoms with Gasteiger partial charge in [0.2, 0.25) is 0 Å². The van der Waals surface area contributed by atoms with Gasteiger partial charge in [0.1, 0.15) is 5.82 Å². The van der Waals surface area contributed by atoms with Gasteiger partial charge >= 0.3 is 12.1 Å². The average molecular weight is 195 g/mol. The van der Waals surface area contributed by atoms with Crippen LogP contribution in [0.5, 0.6) is 0 Å². The molecule has 8 heteroatoms. The van der Waals surface area contributed by atoms with Gasteiger partial charge in [0.15, 0.2) is 0 Å². The minimum Gasteiger partial charge on any atom is -0.383 e. The van der Waals surface area contributed by atoms with Crippen molar-refractivity contribution in [1.29, 1.82) is 0 Å². The standard InChI is InChI=1S/C5H4F3N3O2/c6-5(7,8)13-11-2-1-3(9)10-4(11)12/h1-2H,(H2,9,10,12). The Labute approximate surface area is 69.5 Å². The first-order valence-corrected chi connectivity index (χ1v) is 3.00. The highest BCUT2D eigenvalue weighted by Crippen LogP contribution is 2.11. The summed E-state index contributed by atoms with van der Waals surface area (Å²) in [5.41, 5.74) is 3.81. The summed E-state index contributed by atoms with van der Waals surface area (Å²) in [6, 6.07) is 1.01. The summed E-state index contributed by atoms with van der Waals surface area (Å²) >= 11 is 0. The maximum absolute atomic E-state index is 11.6. The zero-order valence-corrected chi connectivity index (χ0v) is 6.08. The molecule has 0 bridgehead atoms. The summed E-state index contributed by atoms with van der Waals surface area (Å²) < 4.78 is 34.7. The molecule has 1 rings (SSSR count). The second kappa shape index (κ2) is 2.96. The number of aromatic nitrogens is 2. The SMILES string of the molecule is Nc1ccn(OC(F)(F)F)c(=O)n1. The lowest BCUT2D eigenvalue weighted by molar-refractivity contribution is -0.324. The van der Waals surface area contributed by atoms with Crippen LogP contribution in [0.2, 0.25) is 0 Å². The van der Waals surface area contributed by atoms with Crippen LogP contribution in [0.1, 0.15) is 0 Å². The van der Waals surface area contributed by atoms with Gasteiger partial charge in [0, 0.05) is 6.07 Å². The largest absolute Gasteiger partial charge is 0.591 e. The number of anilines is 1. The van der Waals surface area contributed by atoms with Crippen LogP contribution in [0, 0.1) is 0 Å². The first-order valence-electron chi connectivity index (χ1n) is 3.00. The summed E-state index contributed by atoms with van der Waals surface area (Å²) in [7, 11) is 0. The zero-order chi connectivity index (χ0) is 10.1. The van der Waals surface area contributed by atoms with Crippen LogP contribution < -0.4 is 16.3 Å². The molecule has 0 fully saturated rings. The number of nitrogen functional groups attached to an aromatic ring is 1. The molecule has 1 aromatic heterocycles. The molecule has 0 atom stereocenters. The van der Waals surface area contributed by atoms with Crippen LogP contribution in [0.3, 0.4) is 0 Å². The van der Waals surface area contributed by atoms with E-state index in [1.807, 2.05) is 0 Å². The quantitative estimate of drug-likeness (QED) is 0.672. The van der Waals surface area contributed by atoms with Crippen LogP contribution in [0.15, 0.2) is 17.1 Å². The maximum Gasteiger partial charge on any atom is 0.591 e. The van der Waals surface area contributed by atoms with E-state index in [0.29, 0.717) is 0 Å². The van der Waals surface area contributed by atoms with Gasteiger partial charge in [-0.05, 0) is 0 Å². The number of hydrogen-bond acceptors (Lipinski definition) is 4. The van der Waals surface area contributed by atoms with Crippen molar-refractivity contribution in [2.24, 2.45) is 0 Å². The molecular formula is C5H4F3N3O2. The predicted octanol–water partition coefficient (Wildman–Crippen LogP) is -0.226. The van der Waals surface area contributed by atoms with E-state index in [1.165, 1.54) is 0 Å². The van der Waals surface area contributed by atoms with Gasteiger partial charge in [-0.3, -0.25) is 0 Å². The molecule has 72 valence electrons. The molecule has 0 aliphatic heterocycles. The number of halogens is 3. The Morgan fingerprint density at radius 3 is 2.62 bits per heavy atom. The van der Waals surface area contributed by atoms with Gasteiger partial charge in [0.05, 0.1) is 6.20 Å². The molecule has 0 radical (unpaired) electrons. The summed E-state index contributed by atoms with van der Waals surface area (Å²) in [6.07, 6.45) is -4.19. The molecule has 1 aromatic rings. The van der Waals surface area contributed by atoms with Gasteiger partial charge < -0.3 is 10.6 Å². The van der Waals surface area contributed by atoms with Crippen molar-refractivity contribution >= 4 is 5.82 Å². The van der Waals surface area contributed by atoms with Crippen LogP contribution in [-0.4, -0.2) is 16.1 Å². The van der Waals surface area contributed by atoms with E-state index in [9.17, 15) is 18.0 Å². The lowest BCUT2D eigenvalue weighted by Crippen LogP contribution is -2.36. The molecule has 0 aliphatic carbocycles. The Kier molecular flexibility index (Phi) is 2.13. The van der Waals surface area contributed by atoms with Gasteiger partial charge in [-0.2, -0.15) is 4.98 Å². The molecule has 0 spiro atoms. The third kappa shape index (κ3) is 2.65. The third-order valence-electron chi connectivity index (χ3n) is 0.996. The highest BCUT2D eigenvalue weighted by Gasteiger charge is 2.32. The first kappa shape index (κ1) is 9.36. The molecule has 1 heterocycles. The molecule has 0 aliphatic rings. The minimum absolute atomic E-state index is 0.0592. The fraction of sp³-hybridized carbons (Fsp3) is 0.200. The molecule has 13 heavy (non-hydrogen) atoms. The predicted molar refractivity (Wildman–Crippen MR) is 35.5 cm³/mol. The van der Waals surface area contributed by atoms with E-state index in [1.54, 1.807) is 0 Å². The van der Waals surface area contributed by atoms with Crippen molar-refractivity contribution in [2.45, 2.75) is 6.36 Å². The smallest absolute Gasteiger partial charge is 0.383 e. The molecule has 0 saturated heterocycles. The van der Waals surface area contributed by atoms with Crippen molar-refractivity contribution in [2.75, 3.05) is 5.73 Å². The number of nitrogens with zero attached hydrogens (tertiary/aromatic N) is 2. The van der Waals surface area contributed by atoms with Gasteiger partial charge in [-0.25, -0.2) is 4.79 Å². The second-order valence-electron chi connectivity index (χ2n) is 2.00.